The summed E-state index contributed by atoms with van der Waals surface area (Å²) in [6.45, 7) is 0.172. The molecule has 0 aromatic heterocycles. The molecular formula is C6H11NO4. The van der Waals surface area contributed by atoms with Crippen LogP contribution in [0.1, 0.15) is 12.8 Å². The van der Waals surface area contributed by atoms with Crippen LogP contribution in [-0.4, -0.2) is 31.0 Å². The van der Waals surface area contributed by atoms with Gasteiger partial charge in [0.1, 0.15) is 6.61 Å². The minimum atomic E-state index is -0.540. The topological polar surface area (TPSA) is 61.6 Å². The van der Waals surface area contributed by atoms with Crippen molar-refractivity contribution in [3.63, 3.8) is 0 Å². The summed E-state index contributed by atoms with van der Waals surface area (Å²) in [5, 5.41) is 10.2. The SMILES string of the molecule is COC1CCC([N+](=O)[O-])CO1. The quantitative estimate of drug-likeness (QED) is 0.434. The van der Waals surface area contributed by atoms with Gasteiger partial charge in [-0.25, -0.2) is 0 Å². The molecule has 0 spiro atoms. The third kappa shape index (κ3) is 2.13. The van der Waals surface area contributed by atoms with Crippen LogP contribution in [0.25, 0.3) is 0 Å². The summed E-state index contributed by atoms with van der Waals surface area (Å²) in [4.78, 5) is 9.93. The van der Waals surface area contributed by atoms with Crippen molar-refractivity contribution in [3.8, 4) is 0 Å². The lowest BCUT2D eigenvalue weighted by Gasteiger charge is -2.22. The lowest BCUT2D eigenvalue weighted by molar-refractivity contribution is -0.535. The van der Waals surface area contributed by atoms with E-state index in [-0.39, 0.29) is 17.8 Å². The summed E-state index contributed by atoms with van der Waals surface area (Å²) in [7, 11) is 1.54. The fraction of sp³-hybridized carbons (Fsp3) is 1.00. The smallest absolute Gasteiger partial charge is 0.236 e. The van der Waals surface area contributed by atoms with E-state index in [4.69, 9.17) is 9.47 Å². The lowest BCUT2D eigenvalue weighted by Crippen LogP contribution is -2.35. The summed E-state index contributed by atoms with van der Waals surface area (Å²) in [6.07, 6.45) is 0.916. The van der Waals surface area contributed by atoms with Crippen LogP contribution >= 0.6 is 0 Å². The van der Waals surface area contributed by atoms with Crippen LogP contribution < -0.4 is 0 Å². The Kier molecular flexibility index (Phi) is 2.78. The minimum absolute atomic E-state index is 0.172. The van der Waals surface area contributed by atoms with E-state index in [2.05, 4.69) is 0 Å². The van der Waals surface area contributed by atoms with Gasteiger partial charge in [-0.1, -0.05) is 0 Å². The lowest BCUT2D eigenvalue weighted by atomic mass is 10.1. The van der Waals surface area contributed by atoms with Gasteiger partial charge in [0.2, 0.25) is 6.04 Å². The number of nitrogens with zero attached hydrogens (tertiary/aromatic N) is 1. The Balaban J connectivity index is 2.30. The highest BCUT2D eigenvalue weighted by atomic mass is 16.7. The maximum absolute atomic E-state index is 10.2. The molecule has 0 aliphatic carbocycles. The molecule has 0 aromatic rings. The third-order valence-electron chi connectivity index (χ3n) is 1.77. The Labute approximate surface area is 64.4 Å². The molecule has 11 heavy (non-hydrogen) atoms. The molecule has 5 heteroatoms. The molecule has 64 valence electrons. The highest BCUT2D eigenvalue weighted by molar-refractivity contribution is 4.63. The van der Waals surface area contributed by atoms with Crippen LogP contribution in [0.15, 0.2) is 0 Å². The van der Waals surface area contributed by atoms with Crippen molar-refractivity contribution < 1.29 is 14.4 Å². The second-order valence-corrected chi connectivity index (χ2v) is 2.52. The van der Waals surface area contributed by atoms with Crippen molar-refractivity contribution in [1.29, 1.82) is 0 Å². The zero-order valence-corrected chi connectivity index (χ0v) is 6.36. The Morgan fingerprint density at radius 2 is 2.36 bits per heavy atom. The first-order valence-electron chi connectivity index (χ1n) is 3.52. The first-order chi connectivity index (χ1) is 5.24. The Morgan fingerprint density at radius 1 is 1.64 bits per heavy atom. The van der Waals surface area contributed by atoms with Gasteiger partial charge in [-0.2, -0.15) is 0 Å². The number of methoxy groups -OCH3 is 1. The molecule has 0 aromatic carbocycles. The van der Waals surface area contributed by atoms with Gasteiger partial charge in [-0.3, -0.25) is 10.1 Å². The number of nitro groups is 1. The van der Waals surface area contributed by atoms with Gasteiger partial charge in [0.15, 0.2) is 6.29 Å². The second-order valence-electron chi connectivity index (χ2n) is 2.52. The third-order valence-corrected chi connectivity index (χ3v) is 1.77. The van der Waals surface area contributed by atoms with Crippen molar-refractivity contribution in [3.05, 3.63) is 10.1 Å². The molecule has 2 atom stereocenters. The van der Waals surface area contributed by atoms with Crippen LogP contribution in [0.2, 0.25) is 0 Å². The van der Waals surface area contributed by atoms with Crippen LogP contribution in [0.5, 0.6) is 0 Å². The van der Waals surface area contributed by atoms with Crippen molar-refractivity contribution in [1.82, 2.24) is 0 Å². The summed E-state index contributed by atoms with van der Waals surface area (Å²) in [5.41, 5.74) is 0. The molecule has 1 aliphatic heterocycles. The normalized spacial score (nSPS) is 31.7. The largest absolute Gasteiger partial charge is 0.356 e. The van der Waals surface area contributed by atoms with Crippen LogP contribution in [0.4, 0.5) is 0 Å². The van der Waals surface area contributed by atoms with E-state index in [1.54, 1.807) is 0 Å². The molecule has 0 saturated carbocycles. The van der Waals surface area contributed by atoms with E-state index in [1.807, 2.05) is 0 Å². The number of ether oxygens (including phenoxy) is 2. The van der Waals surface area contributed by atoms with Crippen molar-refractivity contribution in [2.24, 2.45) is 0 Å². The maximum Gasteiger partial charge on any atom is 0.236 e. The van der Waals surface area contributed by atoms with Gasteiger partial charge in [-0.15, -0.1) is 0 Å². The molecule has 5 nitrogen and oxygen atoms in total. The van der Waals surface area contributed by atoms with Gasteiger partial charge in [0, 0.05) is 24.9 Å². The Hall–Kier alpha value is -0.680. The maximum atomic E-state index is 10.2. The molecule has 0 N–H and O–H groups in total. The standard InChI is InChI=1S/C6H11NO4/c1-10-6-3-2-5(4-11-6)7(8)9/h5-6H,2-4H2,1H3. The van der Waals surface area contributed by atoms with Crippen molar-refractivity contribution in [2.75, 3.05) is 13.7 Å². The first kappa shape index (κ1) is 8.42. The molecule has 0 radical (unpaired) electrons. The monoisotopic (exact) mass is 161 g/mol. The Morgan fingerprint density at radius 3 is 2.73 bits per heavy atom. The molecule has 0 bridgehead atoms. The highest BCUT2D eigenvalue weighted by Crippen LogP contribution is 2.15. The van der Waals surface area contributed by atoms with Crippen LogP contribution in [-0.2, 0) is 9.47 Å². The van der Waals surface area contributed by atoms with E-state index in [0.29, 0.717) is 12.8 Å². The van der Waals surface area contributed by atoms with E-state index in [0.717, 1.165) is 0 Å². The van der Waals surface area contributed by atoms with Crippen LogP contribution in [0.3, 0.4) is 0 Å². The fourth-order valence-electron chi connectivity index (χ4n) is 1.07. The zero-order valence-electron chi connectivity index (χ0n) is 6.36. The second kappa shape index (κ2) is 3.64. The predicted octanol–water partition coefficient (Wildman–Crippen LogP) is 0.415. The van der Waals surface area contributed by atoms with Gasteiger partial charge in [0.05, 0.1) is 0 Å². The molecule has 2 unspecified atom stereocenters. The molecule has 1 fully saturated rings. The predicted molar refractivity (Wildman–Crippen MR) is 36.8 cm³/mol. The number of hydrogen-bond donors (Lipinski definition) is 0. The number of rotatable bonds is 2. The van der Waals surface area contributed by atoms with Gasteiger partial charge in [-0.05, 0) is 0 Å². The fourth-order valence-corrected chi connectivity index (χ4v) is 1.07. The van der Waals surface area contributed by atoms with Gasteiger partial charge >= 0.3 is 0 Å². The van der Waals surface area contributed by atoms with Crippen molar-refractivity contribution in [2.45, 2.75) is 25.2 Å². The molecular weight excluding hydrogens is 150 g/mol. The van der Waals surface area contributed by atoms with Gasteiger partial charge in [0.25, 0.3) is 0 Å². The minimum Gasteiger partial charge on any atom is -0.356 e. The summed E-state index contributed by atoms with van der Waals surface area (Å²) < 4.78 is 9.91. The Bertz CT molecular complexity index is 142. The summed E-state index contributed by atoms with van der Waals surface area (Å²) in [6, 6.07) is -0.540. The first-order valence-corrected chi connectivity index (χ1v) is 3.52. The van der Waals surface area contributed by atoms with E-state index >= 15 is 0 Å². The average Bonchev–Trinajstić information content (AvgIpc) is 2.05. The average molecular weight is 161 g/mol. The molecule has 1 rings (SSSR count). The van der Waals surface area contributed by atoms with E-state index in [9.17, 15) is 10.1 Å². The molecule has 0 amide bonds. The van der Waals surface area contributed by atoms with E-state index < -0.39 is 6.04 Å². The van der Waals surface area contributed by atoms with Gasteiger partial charge < -0.3 is 9.47 Å². The summed E-state index contributed by atoms with van der Waals surface area (Å²) in [5.74, 6) is 0. The number of hydrogen-bond acceptors (Lipinski definition) is 4. The molecule has 1 saturated heterocycles. The van der Waals surface area contributed by atoms with E-state index in [1.165, 1.54) is 7.11 Å². The van der Waals surface area contributed by atoms with Crippen molar-refractivity contribution >= 4 is 0 Å². The summed E-state index contributed by atoms with van der Waals surface area (Å²) >= 11 is 0. The highest BCUT2D eigenvalue weighted by Gasteiger charge is 2.28. The zero-order chi connectivity index (χ0) is 8.27. The molecule has 1 aliphatic rings. The molecule has 1 heterocycles. The van der Waals surface area contributed by atoms with Crippen LogP contribution in [0, 0.1) is 10.1 Å².